The summed E-state index contributed by atoms with van der Waals surface area (Å²) in [4.78, 5) is 16.0. The number of aromatic nitrogens is 3. The van der Waals surface area contributed by atoms with E-state index in [9.17, 15) is 4.79 Å². The van der Waals surface area contributed by atoms with Crippen molar-refractivity contribution in [3.8, 4) is 11.1 Å². The SMILES string of the molecule is Cn1cc(-c2cnc3c(c2)NC2C[C@]2([C@H](NCCc2cccc(CC(=O)O)c2)c2ccccc2)C3)cn1. The Morgan fingerprint density at radius 2 is 1.97 bits per heavy atom. The van der Waals surface area contributed by atoms with Crippen molar-refractivity contribution in [3.63, 3.8) is 0 Å². The van der Waals surface area contributed by atoms with Crippen molar-refractivity contribution >= 4 is 11.7 Å². The third-order valence-electron chi connectivity index (χ3n) is 7.77. The minimum absolute atomic E-state index is 0.0548. The van der Waals surface area contributed by atoms with Gasteiger partial charge in [0.2, 0.25) is 0 Å². The van der Waals surface area contributed by atoms with Gasteiger partial charge in [-0.2, -0.15) is 5.10 Å². The molecule has 1 aliphatic heterocycles. The molecule has 7 heteroatoms. The number of hydrogen-bond donors (Lipinski definition) is 3. The zero-order valence-electron chi connectivity index (χ0n) is 20.9. The Labute approximate surface area is 216 Å². The van der Waals surface area contributed by atoms with E-state index in [0.29, 0.717) is 6.04 Å². The number of nitrogens with zero attached hydrogens (tertiary/aromatic N) is 3. The van der Waals surface area contributed by atoms with Crippen molar-refractivity contribution < 1.29 is 9.90 Å². The number of pyridine rings is 1. The van der Waals surface area contributed by atoms with Gasteiger partial charge in [-0.3, -0.25) is 14.5 Å². The largest absolute Gasteiger partial charge is 0.481 e. The smallest absolute Gasteiger partial charge is 0.307 e. The molecule has 1 unspecified atom stereocenters. The van der Waals surface area contributed by atoms with Crippen molar-refractivity contribution in [2.75, 3.05) is 11.9 Å². The van der Waals surface area contributed by atoms with Gasteiger partial charge in [0.05, 0.1) is 24.0 Å². The summed E-state index contributed by atoms with van der Waals surface area (Å²) in [5, 5.41) is 21.1. The number of aryl methyl sites for hydroxylation is 1. The molecule has 7 nitrogen and oxygen atoms in total. The fraction of sp³-hybridized carbons (Fsp3) is 0.300. The topological polar surface area (TPSA) is 92.1 Å². The molecule has 0 amide bonds. The van der Waals surface area contributed by atoms with E-state index in [2.05, 4.69) is 58.2 Å². The van der Waals surface area contributed by atoms with Crippen LogP contribution in [0, 0.1) is 5.41 Å². The highest BCUT2D eigenvalue weighted by Crippen LogP contribution is 2.61. The summed E-state index contributed by atoms with van der Waals surface area (Å²) in [7, 11) is 1.93. The average molecular weight is 494 g/mol. The lowest BCUT2D eigenvalue weighted by molar-refractivity contribution is -0.136. The van der Waals surface area contributed by atoms with Crippen molar-refractivity contribution in [1.29, 1.82) is 0 Å². The molecule has 1 fully saturated rings. The Bertz CT molecular complexity index is 1430. The van der Waals surface area contributed by atoms with E-state index in [1.54, 1.807) is 0 Å². The minimum Gasteiger partial charge on any atom is -0.481 e. The normalized spacial score (nSPS) is 20.4. The van der Waals surface area contributed by atoms with E-state index in [1.165, 1.54) is 5.56 Å². The van der Waals surface area contributed by atoms with Gasteiger partial charge in [0, 0.05) is 54.5 Å². The van der Waals surface area contributed by atoms with Gasteiger partial charge >= 0.3 is 5.97 Å². The van der Waals surface area contributed by atoms with Gasteiger partial charge in [-0.15, -0.1) is 0 Å². The molecule has 3 heterocycles. The lowest BCUT2D eigenvalue weighted by Gasteiger charge is -2.33. The van der Waals surface area contributed by atoms with Gasteiger partial charge < -0.3 is 15.7 Å². The maximum Gasteiger partial charge on any atom is 0.307 e. The molecule has 0 saturated heterocycles. The maximum absolute atomic E-state index is 11.1. The van der Waals surface area contributed by atoms with Gasteiger partial charge in [-0.05, 0) is 42.1 Å². The Balaban J connectivity index is 1.21. The third kappa shape index (κ3) is 4.74. The number of carboxylic acids is 1. The molecule has 3 N–H and O–H groups in total. The molecular weight excluding hydrogens is 462 g/mol. The lowest BCUT2D eigenvalue weighted by atomic mass is 9.83. The van der Waals surface area contributed by atoms with Crippen molar-refractivity contribution in [2.45, 2.75) is 37.8 Å². The van der Waals surface area contributed by atoms with Gasteiger partial charge in [-0.1, -0.05) is 54.6 Å². The summed E-state index contributed by atoms with van der Waals surface area (Å²) in [6.07, 6.45) is 8.76. The van der Waals surface area contributed by atoms with Crippen LogP contribution in [0.2, 0.25) is 0 Å². The van der Waals surface area contributed by atoms with Crippen LogP contribution in [0.15, 0.2) is 79.3 Å². The first-order valence-corrected chi connectivity index (χ1v) is 12.8. The molecule has 188 valence electrons. The Morgan fingerprint density at radius 1 is 1.14 bits per heavy atom. The quantitative estimate of drug-likeness (QED) is 0.320. The first-order chi connectivity index (χ1) is 18.0. The number of anilines is 1. The van der Waals surface area contributed by atoms with Crippen LogP contribution in [0.25, 0.3) is 11.1 Å². The molecule has 0 radical (unpaired) electrons. The van der Waals surface area contributed by atoms with Crippen molar-refractivity contribution in [3.05, 3.63) is 102 Å². The standard InChI is InChI=1S/C30H31N5O2/c1-35-19-24(18-33-35)23-14-25-26(32-17-23)15-30(16-27(30)34-25)29(22-8-3-2-4-9-22)31-11-10-20-6-5-7-21(12-20)13-28(36)37/h2-9,12,14,17-19,27,29,31,34H,10-11,13,15-16H2,1H3,(H,36,37)/t27?,29-,30-/m1/s1. The Hall–Kier alpha value is -3.97. The van der Waals surface area contributed by atoms with Gasteiger partial charge in [-0.25, -0.2) is 0 Å². The molecule has 2 aromatic carbocycles. The monoisotopic (exact) mass is 493 g/mol. The van der Waals surface area contributed by atoms with E-state index >= 15 is 0 Å². The molecule has 37 heavy (non-hydrogen) atoms. The van der Waals surface area contributed by atoms with Crippen molar-refractivity contribution in [2.24, 2.45) is 12.5 Å². The highest BCUT2D eigenvalue weighted by atomic mass is 16.4. The predicted octanol–water partition coefficient (Wildman–Crippen LogP) is 4.41. The van der Waals surface area contributed by atoms with E-state index < -0.39 is 5.97 Å². The second-order valence-electron chi connectivity index (χ2n) is 10.4. The van der Waals surface area contributed by atoms with E-state index in [-0.39, 0.29) is 17.9 Å². The number of carbonyl (C=O) groups is 1. The first kappa shape index (κ1) is 23.4. The van der Waals surface area contributed by atoms with Gasteiger partial charge in [0.1, 0.15) is 0 Å². The minimum atomic E-state index is -0.801. The van der Waals surface area contributed by atoms with Gasteiger partial charge in [0.15, 0.2) is 0 Å². The first-order valence-electron chi connectivity index (χ1n) is 12.8. The number of aliphatic carboxylic acids is 1. The zero-order chi connectivity index (χ0) is 25.4. The molecule has 1 aliphatic carbocycles. The molecule has 0 bridgehead atoms. The Morgan fingerprint density at radius 3 is 2.76 bits per heavy atom. The number of rotatable bonds is 9. The van der Waals surface area contributed by atoms with E-state index in [0.717, 1.165) is 59.4 Å². The lowest BCUT2D eigenvalue weighted by Crippen LogP contribution is -2.38. The number of benzene rings is 2. The molecule has 6 rings (SSSR count). The van der Waals surface area contributed by atoms with Crippen LogP contribution in [0.4, 0.5) is 5.69 Å². The zero-order valence-corrected chi connectivity index (χ0v) is 20.9. The number of fused-ring (bicyclic) bond motifs is 2. The second-order valence-corrected chi connectivity index (χ2v) is 10.4. The summed E-state index contributed by atoms with van der Waals surface area (Å²) in [6.45, 7) is 0.810. The van der Waals surface area contributed by atoms with Crippen LogP contribution in [-0.4, -0.2) is 38.4 Å². The van der Waals surface area contributed by atoms with Crippen LogP contribution in [0.1, 0.15) is 34.8 Å². The van der Waals surface area contributed by atoms with Crippen LogP contribution in [0.5, 0.6) is 0 Å². The summed E-state index contributed by atoms with van der Waals surface area (Å²) in [6, 6.07) is 21.4. The molecule has 2 aromatic heterocycles. The fourth-order valence-electron chi connectivity index (χ4n) is 5.85. The predicted molar refractivity (Wildman–Crippen MR) is 143 cm³/mol. The number of nitrogens with one attached hydrogen (secondary N) is 2. The highest BCUT2D eigenvalue weighted by molar-refractivity contribution is 5.70. The molecule has 2 aliphatic rings. The summed E-state index contributed by atoms with van der Waals surface area (Å²) in [5.41, 5.74) is 7.75. The van der Waals surface area contributed by atoms with Crippen LogP contribution in [0.3, 0.4) is 0 Å². The molecule has 1 saturated carbocycles. The summed E-state index contributed by atoms with van der Waals surface area (Å²) >= 11 is 0. The average Bonchev–Trinajstić information content (AvgIpc) is 3.44. The van der Waals surface area contributed by atoms with Crippen LogP contribution >= 0.6 is 0 Å². The fourth-order valence-corrected chi connectivity index (χ4v) is 5.85. The number of hydrogen-bond acceptors (Lipinski definition) is 5. The number of carboxylic acid groups (broad SMARTS) is 1. The summed E-state index contributed by atoms with van der Waals surface area (Å²) in [5.74, 6) is -0.801. The van der Waals surface area contributed by atoms with E-state index in [1.807, 2.05) is 48.5 Å². The second kappa shape index (κ2) is 9.48. The van der Waals surface area contributed by atoms with Gasteiger partial charge in [0.25, 0.3) is 0 Å². The maximum atomic E-state index is 11.1. The Kier molecular flexibility index (Phi) is 6.00. The van der Waals surface area contributed by atoms with Crippen LogP contribution < -0.4 is 10.6 Å². The summed E-state index contributed by atoms with van der Waals surface area (Å²) < 4.78 is 1.81. The highest BCUT2D eigenvalue weighted by Gasteiger charge is 2.61. The van der Waals surface area contributed by atoms with Crippen LogP contribution in [-0.2, 0) is 31.1 Å². The van der Waals surface area contributed by atoms with Crippen molar-refractivity contribution in [1.82, 2.24) is 20.1 Å². The van der Waals surface area contributed by atoms with E-state index in [4.69, 9.17) is 10.1 Å². The molecular formula is C30H31N5O2. The third-order valence-corrected chi connectivity index (χ3v) is 7.77. The molecule has 4 aromatic rings. The molecule has 3 atom stereocenters. The molecule has 0 spiro atoms.